The number of hydrogen-bond acceptors (Lipinski definition) is 5. The number of hydrogen-bond donors (Lipinski definition) is 1. The number of benzene rings is 2. The first-order valence-electron chi connectivity index (χ1n) is 9.53. The van der Waals surface area contributed by atoms with Gasteiger partial charge in [-0.05, 0) is 36.9 Å². The van der Waals surface area contributed by atoms with E-state index in [1.54, 1.807) is 39.5 Å². The molecule has 0 radical (unpaired) electrons. The quantitative estimate of drug-likeness (QED) is 0.621. The van der Waals surface area contributed by atoms with Crippen molar-refractivity contribution in [2.75, 3.05) is 34.9 Å². The number of carbonyl (C=O) groups excluding carboxylic acids is 1. The number of carbonyl (C=O) groups is 1. The number of nitrogens with one attached hydrogen (secondary N) is 1. The van der Waals surface area contributed by atoms with Crippen LogP contribution < -0.4 is 19.5 Å². The fraction of sp³-hybridized carbons (Fsp3) is 0.348. The zero-order valence-corrected chi connectivity index (χ0v) is 17.8. The first-order chi connectivity index (χ1) is 14.0. The summed E-state index contributed by atoms with van der Waals surface area (Å²) in [4.78, 5) is 14.5. The molecule has 6 nitrogen and oxygen atoms in total. The van der Waals surface area contributed by atoms with Crippen LogP contribution in [-0.2, 0) is 17.9 Å². The molecule has 0 aliphatic rings. The van der Waals surface area contributed by atoms with Crippen LogP contribution in [0.3, 0.4) is 0 Å². The van der Waals surface area contributed by atoms with Gasteiger partial charge in [-0.3, -0.25) is 4.79 Å². The largest absolute Gasteiger partial charge is 0.496 e. The maximum Gasteiger partial charge on any atom is 0.244 e. The highest BCUT2D eigenvalue weighted by atomic mass is 16.5. The van der Waals surface area contributed by atoms with Crippen molar-refractivity contribution >= 4 is 12.0 Å². The normalized spacial score (nSPS) is 11.0. The molecular formula is C23H30N2O4. The molecule has 0 atom stereocenters. The summed E-state index contributed by atoms with van der Waals surface area (Å²) in [5, 5.41) is 2.92. The minimum absolute atomic E-state index is 0.182. The fourth-order valence-corrected chi connectivity index (χ4v) is 2.86. The SMILES string of the molecule is CCN(C)Cc1cccc(CNC(=O)/C=C/c2cc(OC)c(OC)cc2OC)c1. The lowest BCUT2D eigenvalue weighted by Gasteiger charge is -2.14. The lowest BCUT2D eigenvalue weighted by molar-refractivity contribution is -0.116. The van der Waals surface area contributed by atoms with Crippen molar-refractivity contribution in [3.05, 3.63) is 59.2 Å². The zero-order chi connectivity index (χ0) is 21.2. The summed E-state index contributed by atoms with van der Waals surface area (Å²) in [7, 11) is 6.79. The second-order valence-electron chi connectivity index (χ2n) is 6.65. The lowest BCUT2D eigenvalue weighted by atomic mass is 10.1. The van der Waals surface area contributed by atoms with Crippen LogP contribution in [0.2, 0.25) is 0 Å². The van der Waals surface area contributed by atoms with Crippen molar-refractivity contribution in [2.24, 2.45) is 0 Å². The summed E-state index contributed by atoms with van der Waals surface area (Å²) < 4.78 is 16.0. The van der Waals surface area contributed by atoms with Crippen LogP contribution in [0.1, 0.15) is 23.6 Å². The number of amides is 1. The minimum Gasteiger partial charge on any atom is -0.496 e. The molecule has 0 spiro atoms. The Kier molecular flexibility index (Phi) is 8.55. The van der Waals surface area contributed by atoms with Gasteiger partial charge in [0.05, 0.1) is 21.3 Å². The van der Waals surface area contributed by atoms with Gasteiger partial charge in [-0.25, -0.2) is 0 Å². The predicted octanol–water partition coefficient (Wildman–Crippen LogP) is 3.49. The van der Waals surface area contributed by atoms with E-state index in [4.69, 9.17) is 14.2 Å². The molecule has 0 unspecified atom stereocenters. The summed E-state index contributed by atoms with van der Waals surface area (Å²) >= 11 is 0. The van der Waals surface area contributed by atoms with Crippen LogP contribution >= 0.6 is 0 Å². The van der Waals surface area contributed by atoms with Gasteiger partial charge < -0.3 is 24.4 Å². The summed E-state index contributed by atoms with van der Waals surface area (Å²) in [6.45, 7) is 4.47. The molecular weight excluding hydrogens is 368 g/mol. The van der Waals surface area contributed by atoms with Crippen molar-refractivity contribution < 1.29 is 19.0 Å². The first-order valence-corrected chi connectivity index (χ1v) is 9.53. The van der Waals surface area contributed by atoms with Crippen molar-refractivity contribution in [3.8, 4) is 17.2 Å². The Labute approximate surface area is 173 Å². The highest BCUT2D eigenvalue weighted by molar-refractivity contribution is 5.92. The molecule has 0 aliphatic heterocycles. The highest BCUT2D eigenvalue weighted by Gasteiger charge is 2.10. The van der Waals surface area contributed by atoms with Gasteiger partial charge in [-0.2, -0.15) is 0 Å². The molecule has 2 aromatic carbocycles. The molecule has 2 aromatic rings. The number of rotatable bonds is 10. The van der Waals surface area contributed by atoms with Gasteiger partial charge in [0.2, 0.25) is 5.91 Å². The molecule has 156 valence electrons. The standard InChI is InChI=1S/C23H30N2O4/c1-6-25(2)16-18-9-7-8-17(12-18)15-24-23(26)11-10-19-13-21(28-4)22(29-5)14-20(19)27-3/h7-14H,6,15-16H2,1-5H3,(H,24,26)/b11-10+. The van der Waals surface area contributed by atoms with Crippen molar-refractivity contribution in [2.45, 2.75) is 20.0 Å². The van der Waals surface area contributed by atoms with E-state index in [-0.39, 0.29) is 5.91 Å². The van der Waals surface area contributed by atoms with E-state index in [2.05, 4.69) is 36.3 Å². The molecule has 1 amide bonds. The Morgan fingerprint density at radius 3 is 2.31 bits per heavy atom. The van der Waals surface area contributed by atoms with Crippen LogP contribution in [0.5, 0.6) is 17.2 Å². The van der Waals surface area contributed by atoms with Crippen molar-refractivity contribution in [1.82, 2.24) is 10.2 Å². The Morgan fingerprint density at radius 1 is 1.00 bits per heavy atom. The van der Waals surface area contributed by atoms with Gasteiger partial charge in [-0.1, -0.05) is 31.2 Å². The molecule has 0 saturated heterocycles. The number of ether oxygens (including phenoxy) is 3. The summed E-state index contributed by atoms with van der Waals surface area (Å²) in [6, 6.07) is 11.8. The second kappa shape index (κ2) is 11.1. The summed E-state index contributed by atoms with van der Waals surface area (Å²) in [5.74, 6) is 1.55. The maximum absolute atomic E-state index is 12.3. The highest BCUT2D eigenvalue weighted by Crippen LogP contribution is 2.35. The molecule has 1 N–H and O–H groups in total. The Hall–Kier alpha value is -2.99. The van der Waals surface area contributed by atoms with E-state index in [9.17, 15) is 4.79 Å². The van der Waals surface area contributed by atoms with E-state index < -0.39 is 0 Å². The summed E-state index contributed by atoms with van der Waals surface area (Å²) in [5.41, 5.74) is 3.02. The van der Waals surface area contributed by atoms with E-state index in [0.717, 1.165) is 24.2 Å². The molecule has 6 heteroatoms. The van der Waals surface area contributed by atoms with Gasteiger partial charge in [0, 0.05) is 30.8 Å². The second-order valence-corrected chi connectivity index (χ2v) is 6.65. The van der Waals surface area contributed by atoms with Gasteiger partial charge in [-0.15, -0.1) is 0 Å². The van der Waals surface area contributed by atoms with Gasteiger partial charge in [0.25, 0.3) is 0 Å². The lowest BCUT2D eigenvalue weighted by Crippen LogP contribution is -2.20. The third-order valence-corrected chi connectivity index (χ3v) is 4.60. The molecule has 29 heavy (non-hydrogen) atoms. The predicted molar refractivity (Wildman–Crippen MR) is 115 cm³/mol. The Bertz CT molecular complexity index is 849. The number of methoxy groups -OCH3 is 3. The molecule has 2 rings (SSSR count). The molecule has 0 bridgehead atoms. The summed E-state index contributed by atoms with van der Waals surface area (Å²) in [6.07, 6.45) is 3.18. The van der Waals surface area contributed by atoms with Gasteiger partial charge in [0.15, 0.2) is 11.5 Å². The monoisotopic (exact) mass is 398 g/mol. The van der Waals surface area contributed by atoms with Gasteiger partial charge in [0.1, 0.15) is 5.75 Å². The van der Waals surface area contributed by atoms with E-state index >= 15 is 0 Å². The average Bonchev–Trinajstić information content (AvgIpc) is 2.75. The van der Waals surface area contributed by atoms with Crippen LogP contribution in [0.25, 0.3) is 6.08 Å². The smallest absolute Gasteiger partial charge is 0.244 e. The first kappa shape index (κ1) is 22.3. The third kappa shape index (κ3) is 6.54. The topological polar surface area (TPSA) is 60.0 Å². The fourth-order valence-electron chi connectivity index (χ4n) is 2.86. The number of nitrogens with zero attached hydrogens (tertiary/aromatic N) is 1. The Morgan fingerprint density at radius 2 is 1.66 bits per heavy atom. The van der Waals surface area contributed by atoms with E-state index in [1.165, 1.54) is 11.6 Å². The molecule has 0 aromatic heterocycles. The Balaban J connectivity index is 2.02. The molecule has 0 heterocycles. The molecule has 0 saturated carbocycles. The van der Waals surface area contributed by atoms with E-state index in [1.807, 2.05) is 12.1 Å². The van der Waals surface area contributed by atoms with Crippen LogP contribution in [0, 0.1) is 0 Å². The third-order valence-electron chi connectivity index (χ3n) is 4.60. The van der Waals surface area contributed by atoms with Crippen LogP contribution in [-0.4, -0.2) is 45.7 Å². The average molecular weight is 399 g/mol. The van der Waals surface area contributed by atoms with Crippen molar-refractivity contribution in [3.63, 3.8) is 0 Å². The van der Waals surface area contributed by atoms with Crippen molar-refractivity contribution in [1.29, 1.82) is 0 Å². The van der Waals surface area contributed by atoms with E-state index in [0.29, 0.717) is 23.8 Å². The van der Waals surface area contributed by atoms with Crippen LogP contribution in [0.4, 0.5) is 0 Å². The maximum atomic E-state index is 12.3. The molecule has 0 fully saturated rings. The zero-order valence-electron chi connectivity index (χ0n) is 17.8. The van der Waals surface area contributed by atoms with Gasteiger partial charge >= 0.3 is 0 Å². The molecule has 0 aliphatic carbocycles. The minimum atomic E-state index is -0.182. The van der Waals surface area contributed by atoms with Crippen LogP contribution in [0.15, 0.2) is 42.5 Å².